The maximum absolute atomic E-state index is 12.0. The number of carbonyl (C=O) groups excluding carboxylic acids is 1. The van der Waals surface area contributed by atoms with Gasteiger partial charge in [-0.3, -0.25) is 4.79 Å². The lowest BCUT2D eigenvalue weighted by Gasteiger charge is -2.26. The molecule has 0 unspecified atom stereocenters. The molecule has 0 atom stereocenters. The van der Waals surface area contributed by atoms with Gasteiger partial charge in [-0.15, -0.1) is 0 Å². The highest BCUT2D eigenvalue weighted by atomic mass is 16.5. The van der Waals surface area contributed by atoms with Gasteiger partial charge in [-0.1, -0.05) is 26.0 Å². The van der Waals surface area contributed by atoms with Crippen molar-refractivity contribution in [1.29, 1.82) is 0 Å². The highest BCUT2D eigenvalue weighted by Gasteiger charge is 2.16. The molecule has 116 valence electrons. The fraction of sp³-hybridized carbons (Fsp3) is 0.562. The first-order valence-electron chi connectivity index (χ1n) is 7.46. The fourth-order valence-corrected chi connectivity index (χ4v) is 2.07. The van der Waals surface area contributed by atoms with E-state index in [0.29, 0.717) is 32.3 Å². The number of benzene rings is 1. The number of ether oxygens (including phenoxy) is 2. The largest absolute Gasteiger partial charge is 0.484 e. The number of rotatable bonds is 6. The van der Waals surface area contributed by atoms with Gasteiger partial charge in [0.05, 0.1) is 13.2 Å². The van der Waals surface area contributed by atoms with Crippen molar-refractivity contribution in [3.8, 4) is 5.75 Å². The summed E-state index contributed by atoms with van der Waals surface area (Å²) in [4.78, 5) is 13.7. The summed E-state index contributed by atoms with van der Waals surface area (Å²) in [6.45, 7) is 7.70. The van der Waals surface area contributed by atoms with Gasteiger partial charge in [-0.2, -0.15) is 0 Å². The fourth-order valence-electron chi connectivity index (χ4n) is 2.07. The third-order valence-electron chi connectivity index (χ3n) is 3.36. The van der Waals surface area contributed by atoms with Crippen molar-refractivity contribution in [3.05, 3.63) is 29.8 Å². The minimum Gasteiger partial charge on any atom is -0.484 e. The Kier molecular flexibility index (Phi) is 6.02. The lowest BCUT2D eigenvalue weighted by atomic mass is 10.2. The molecule has 0 aliphatic carbocycles. The molecule has 1 aromatic carbocycles. The summed E-state index contributed by atoms with van der Waals surface area (Å²) < 4.78 is 10.8. The van der Waals surface area contributed by atoms with Gasteiger partial charge >= 0.3 is 0 Å². The Labute approximate surface area is 126 Å². The summed E-state index contributed by atoms with van der Waals surface area (Å²) in [5.41, 5.74) is 1.20. The maximum atomic E-state index is 12.0. The molecule has 2 rings (SSSR count). The molecule has 5 heteroatoms. The van der Waals surface area contributed by atoms with E-state index in [1.807, 2.05) is 24.3 Å². The Morgan fingerprint density at radius 2 is 1.95 bits per heavy atom. The minimum absolute atomic E-state index is 0.0175. The molecule has 1 aliphatic rings. The van der Waals surface area contributed by atoms with E-state index in [1.165, 1.54) is 5.56 Å². The number of morpholine rings is 1. The topological polar surface area (TPSA) is 50.8 Å². The lowest BCUT2D eigenvalue weighted by Crippen LogP contribution is -2.42. The number of hydrogen-bond acceptors (Lipinski definition) is 4. The van der Waals surface area contributed by atoms with Crippen molar-refractivity contribution in [2.24, 2.45) is 0 Å². The van der Waals surface area contributed by atoms with Gasteiger partial charge in [0, 0.05) is 25.7 Å². The first kappa shape index (κ1) is 15.8. The average molecular weight is 292 g/mol. The molecule has 1 fully saturated rings. The average Bonchev–Trinajstić information content (AvgIpc) is 2.52. The van der Waals surface area contributed by atoms with Crippen LogP contribution in [0.25, 0.3) is 0 Å². The summed E-state index contributed by atoms with van der Waals surface area (Å²) in [5.74, 6) is 0.744. The van der Waals surface area contributed by atoms with Crippen LogP contribution in [0, 0.1) is 0 Å². The zero-order valence-corrected chi connectivity index (χ0v) is 12.8. The monoisotopic (exact) mass is 292 g/mol. The Morgan fingerprint density at radius 1 is 1.29 bits per heavy atom. The number of carbonyl (C=O) groups is 1. The maximum Gasteiger partial charge on any atom is 0.260 e. The molecule has 0 spiro atoms. The first-order valence-corrected chi connectivity index (χ1v) is 7.46. The van der Waals surface area contributed by atoms with Crippen LogP contribution in [0.3, 0.4) is 0 Å². The Bertz CT molecular complexity index is 439. The molecule has 1 N–H and O–H groups in total. The zero-order chi connectivity index (χ0) is 15.1. The van der Waals surface area contributed by atoms with Crippen molar-refractivity contribution in [3.63, 3.8) is 0 Å². The van der Waals surface area contributed by atoms with Crippen LogP contribution in [-0.2, 0) is 16.1 Å². The van der Waals surface area contributed by atoms with E-state index >= 15 is 0 Å². The summed E-state index contributed by atoms with van der Waals surface area (Å²) in [6.07, 6.45) is 0. The zero-order valence-electron chi connectivity index (χ0n) is 12.8. The quantitative estimate of drug-likeness (QED) is 0.861. The first-order chi connectivity index (χ1) is 10.1. The predicted molar refractivity (Wildman–Crippen MR) is 81.3 cm³/mol. The summed E-state index contributed by atoms with van der Waals surface area (Å²) in [5, 5.41) is 3.36. The van der Waals surface area contributed by atoms with Crippen molar-refractivity contribution >= 4 is 5.91 Å². The van der Waals surface area contributed by atoms with Crippen LogP contribution < -0.4 is 10.1 Å². The molecule has 0 bridgehead atoms. The van der Waals surface area contributed by atoms with E-state index in [9.17, 15) is 4.79 Å². The number of nitrogens with zero attached hydrogens (tertiary/aromatic N) is 1. The Morgan fingerprint density at radius 3 is 2.57 bits per heavy atom. The molecule has 1 aromatic rings. The molecule has 1 heterocycles. The smallest absolute Gasteiger partial charge is 0.260 e. The number of nitrogens with one attached hydrogen (secondary N) is 1. The number of hydrogen-bond donors (Lipinski definition) is 1. The van der Waals surface area contributed by atoms with E-state index in [4.69, 9.17) is 9.47 Å². The van der Waals surface area contributed by atoms with Crippen molar-refractivity contribution in [2.75, 3.05) is 32.9 Å². The van der Waals surface area contributed by atoms with Crippen molar-refractivity contribution in [1.82, 2.24) is 10.2 Å². The SMILES string of the molecule is CC(C)NCc1ccc(OCC(=O)N2CCOCC2)cc1. The van der Waals surface area contributed by atoms with Gasteiger partial charge < -0.3 is 19.7 Å². The minimum atomic E-state index is 0.0175. The molecule has 1 aliphatic heterocycles. The Balaban J connectivity index is 1.76. The van der Waals surface area contributed by atoms with E-state index in [2.05, 4.69) is 19.2 Å². The molecule has 0 saturated carbocycles. The predicted octanol–water partition coefficient (Wildman–Crippen LogP) is 1.42. The van der Waals surface area contributed by atoms with Gasteiger partial charge in [0.25, 0.3) is 5.91 Å². The molecular formula is C16H24N2O3. The third kappa shape index (κ3) is 5.36. The van der Waals surface area contributed by atoms with E-state index in [0.717, 1.165) is 12.3 Å². The highest BCUT2D eigenvalue weighted by Crippen LogP contribution is 2.12. The van der Waals surface area contributed by atoms with Crippen molar-refractivity contribution in [2.45, 2.75) is 26.4 Å². The lowest BCUT2D eigenvalue weighted by molar-refractivity contribution is -0.137. The van der Waals surface area contributed by atoms with Crippen LogP contribution in [0.1, 0.15) is 19.4 Å². The van der Waals surface area contributed by atoms with E-state index in [-0.39, 0.29) is 12.5 Å². The van der Waals surface area contributed by atoms with Gasteiger partial charge in [-0.05, 0) is 17.7 Å². The second-order valence-corrected chi connectivity index (χ2v) is 5.46. The molecule has 21 heavy (non-hydrogen) atoms. The van der Waals surface area contributed by atoms with E-state index < -0.39 is 0 Å². The normalized spacial score (nSPS) is 15.3. The molecule has 5 nitrogen and oxygen atoms in total. The molecular weight excluding hydrogens is 268 g/mol. The summed E-state index contributed by atoms with van der Waals surface area (Å²) >= 11 is 0. The molecule has 0 radical (unpaired) electrons. The third-order valence-corrected chi connectivity index (χ3v) is 3.36. The second kappa shape index (κ2) is 8.00. The summed E-state index contributed by atoms with van der Waals surface area (Å²) in [7, 11) is 0. The molecule has 1 saturated heterocycles. The molecule has 1 amide bonds. The van der Waals surface area contributed by atoms with Gasteiger partial charge in [0.1, 0.15) is 5.75 Å². The van der Waals surface area contributed by atoms with Crippen molar-refractivity contribution < 1.29 is 14.3 Å². The van der Waals surface area contributed by atoms with Crippen LogP contribution in [0.15, 0.2) is 24.3 Å². The highest BCUT2D eigenvalue weighted by molar-refractivity contribution is 5.77. The number of amides is 1. The van der Waals surface area contributed by atoms with Gasteiger partial charge in [0.15, 0.2) is 6.61 Å². The van der Waals surface area contributed by atoms with Gasteiger partial charge in [0.2, 0.25) is 0 Å². The van der Waals surface area contributed by atoms with Crippen LogP contribution in [0.2, 0.25) is 0 Å². The van der Waals surface area contributed by atoms with Crippen LogP contribution in [0.4, 0.5) is 0 Å². The van der Waals surface area contributed by atoms with Crippen LogP contribution >= 0.6 is 0 Å². The van der Waals surface area contributed by atoms with Gasteiger partial charge in [-0.25, -0.2) is 0 Å². The Hall–Kier alpha value is -1.59. The summed E-state index contributed by atoms with van der Waals surface area (Å²) in [6, 6.07) is 8.31. The van der Waals surface area contributed by atoms with E-state index in [1.54, 1.807) is 4.90 Å². The van der Waals surface area contributed by atoms with Crippen LogP contribution in [-0.4, -0.2) is 49.8 Å². The standard InChI is InChI=1S/C16H24N2O3/c1-13(2)17-11-14-3-5-15(6-4-14)21-12-16(19)18-7-9-20-10-8-18/h3-6,13,17H,7-12H2,1-2H3. The molecule has 0 aromatic heterocycles. The second-order valence-electron chi connectivity index (χ2n) is 5.46. The van der Waals surface area contributed by atoms with Crippen LogP contribution in [0.5, 0.6) is 5.75 Å².